The zero-order valence-corrected chi connectivity index (χ0v) is 35.2. The number of amides is 1. The summed E-state index contributed by atoms with van der Waals surface area (Å²) in [5.41, 5.74) is -3.63. The molecule has 0 aromatic rings. The van der Waals surface area contributed by atoms with Crippen LogP contribution in [0.1, 0.15) is 154 Å². The first-order valence-corrected chi connectivity index (χ1v) is 20.8. The van der Waals surface area contributed by atoms with E-state index >= 15 is 0 Å². The predicted octanol–water partition coefficient (Wildman–Crippen LogP) is 6.61. The summed E-state index contributed by atoms with van der Waals surface area (Å²) in [5.74, 6) is -1.20. The van der Waals surface area contributed by atoms with Gasteiger partial charge in [-0.05, 0) is 153 Å². The Hall–Kier alpha value is -1.95. The summed E-state index contributed by atoms with van der Waals surface area (Å²) in [4.78, 5) is 40.1. The van der Waals surface area contributed by atoms with E-state index in [1.54, 1.807) is 48.5 Å². The molecule has 308 valence electrons. The number of rotatable bonds is 9. The van der Waals surface area contributed by atoms with E-state index in [9.17, 15) is 29.7 Å². The Bertz CT molecular complexity index is 1480. The number of ether oxygens (including phenoxy) is 4. The summed E-state index contributed by atoms with van der Waals surface area (Å²) in [5, 5.41) is 37.3. The third kappa shape index (κ3) is 6.60. The summed E-state index contributed by atoms with van der Waals surface area (Å²) < 4.78 is 24.3. The quantitative estimate of drug-likeness (QED) is 0.149. The highest BCUT2D eigenvalue weighted by Crippen LogP contribution is 2.89. The van der Waals surface area contributed by atoms with Crippen molar-refractivity contribution in [1.82, 2.24) is 5.32 Å². The van der Waals surface area contributed by atoms with Crippen LogP contribution < -0.4 is 5.32 Å². The third-order valence-corrected chi connectivity index (χ3v) is 16.0. The lowest BCUT2D eigenvalue weighted by atomic mass is 9.41. The fraction of sp³-hybridized carbons (Fsp3) is 0.930. The van der Waals surface area contributed by atoms with Gasteiger partial charge in [-0.3, -0.25) is 4.79 Å². The molecule has 1 saturated heterocycles. The second kappa shape index (κ2) is 13.3. The van der Waals surface area contributed by atoms with Crippen molar-refractivity contribution in [3.05, 3.63) is 0 Å². The maximum Gasteiger partial charge on any atom is 0.408 e. The molecule has 1 amide bonds. The van der Waals surface area contributed by atoms with Crippen LogP contribution in [-0.2, 0) is 28.5 Å². The topological polar surface area (TPSA) is 161 Å². The zero-order valence-electron chi connectivity index (χ0n) is 35.2. The van der Waals surface area contributed by atoms with Crippen molar-refractivity contribution in [2.24, 2.45) is 44.8 Å². The molecule has 6 aliphatic rings. The molecule has 6 rings (SSSR count). The maximum atomic E-state index is 14.4. The maximum absolute atomic E-state index is 14.4. The lowest BCUT2D eigenvalue weighted by molar-refractivity contribution is -0.221. The molecule has 5 aliphatic carbocycles. The van der Waals surface area contributed by atoms with Crippen LogP contribution in [0.15, 0.2) is 0 Å². The Morgan fingerprint density at radius 1 is 0.889 bits per heavy atom. The van der Waals surface area contributed by atoms with Crippen LogP contribution in [0.4, 0.5) is 4.79 Å². The van der Waals surface area contributed by atoms with Crippen LogP contribution in [0.2, 0.25) is 0 Å². The summed E-state index contributed by atoms with van der Waals surface area (Å²) in [6.07, 6.45) is 3.97. The van der Waals surface area contributed by atoms with E-state index in [0.717, 1.165) is 38.5 Å². The second-order valence-corrected chi connectivity index (χ2v) is 21.6. The number of hydrogen-bond acceptors (Lipinski definition) is 10. The molecule has 6 fully saturated rings. The smallest absolute Gasteiger partial charge is 0.408 e. The number of hydrogen-bond donors (Lipinski definition) is 4. The van der Waals surface area contributed by atoms with E-state index in [2.05, 4.69) is 39.9 Å². The van der Waals surface area contributed by atoms with Gasteiger partial charge in [0.2, 0.25) is 0 Å². The summed E-state index contributed by atoms with van der Waals surface area (Å²) >= 11 is 0. The second-order valence-electron chi connectivity index (χ2n) is 21.6. The van der Waals surface area contributed by atoms with E-state index in [1.807, 2.05) is 0 Å². The van der Waals surface area contributed by atoms with Crippen molar-refractivity contribution in [1.29, 1.82) is 0 Å². The summed E-state index contributed by atoms with van der Waals surface area (Å²) in [6.45, 7) is 23.4. The van der Waals surface area contributed by atoms with Crippen molar-refractivity contribution in [3.8, 4) is 0 Å². The molecule has 1 heterocycles. The Kier molecular flexibility index (Phi) is 10.3. The Morgan fingerprint density at radius 2 is 1.56 bits per heavy atom. The highest BCUT2D eigenvalue weighted by molar-refractivity contribution is 5.82. The number of nitrogens with one attached hydrogen (secondary N) is 1. The fourth-order valence-electron chi connectivity index (χ4n) is 13.7. The molecule has 13 atom stereocenters. The van der Waals surface area contributed by atoms with Gasteiger partial charge in [0.25, 0.3) is 0 Å². The standard InChI is InChI=1S/C43H71NO10/c1-24(2)51-31(47)14-13-25(44-35(49)54-36(3,4)5)34(48)52-27-21-28-40(11)22-26(45)32(41(12)17-16-30(53-41)38(8,9)50)39(40,10)19-20-42(28)23-43(42)18-15-29(46)37(6,7)33(27)43/h24-30,32-33,45-46,50H,13-23H2,1-12H3,(H,44,49). The number of aliphatic hydroxyl groups is 3. The fourth-order valence-corrected chi connectivity index (χ4v) is 13.7. The number of fused-ring (bicyclic) bond motifs is 2. The summed E-state index contributed by atoms with van der Waals surface area (Å²) in [7, 11) is 0. The molecular formula is C43H71NO10. The van der Waals surface area contributed by atoms with Crippen molar-refractivity contribution >= 4 is 18.0 Å². The monoisotopic (exact) mass is 762 g/mol. The van der Waals surface area contributed by atoms with Gasteiger partial charge in [0.05, 0.1) is 35.6 Å². The first kappa shape index (κ1) is 41.7. The van der Waals surface area contributed by atoms with Crippen molar-refractivity contribution in [2.45, 2.75) is 207 Å². The van der Waals surface area contributed by atoms with Crippen LogP contribution in [0.25, 0.3) is 0 Å². The van der Waals surface area contributed by atoms with Gasteiger partial charge in [-0.1, -0.05) is 27.7 Å². The van der Waals surface area contributed by atoms with Crippen LogP contribution in [0, 0.1) is 44.8 Å². The van der Waals surface area contributed by atoms with E-state index in [-0.39, 0.29) is 64.5 Å². The van der Waals surface area contributed by atoms with Gasteiger partial charge in [-0.2, -0.15) is 0 Å². The molecule has 0 radical (unpaired) electrons. The Labute approximate surface area is 323 Å². The summed E-state index contributed by atoms with van der Waals surface area (Å²) in [6, 6.07) is -1.15. The molecule has 0 aromatic carbocycles. The minimum absolute atomic E-state index is 0.00267. The number of esters is 2. The van der Waals surface area contributed by atoms with Gasteiger partial charge in [0, 0.05) is 18.3 Å². The molecule has 4 N–H and O–H groups in total. The Balaban J connectivity index is 1.33. The van der Waals surface area contributed by atoms with E-state index < -0.39 is 64.6 Å². The minimum Gasteiger partial charge on any atom is -0.463 e. The van der Waals surface area contributed by atoms with Crippen LogP contribution in [0.5, 0.6) is 0 Å². The lowest BCUT2D eigenvalue weighted by Crippen LogP contribution is -2.63. The third-order valence-electron chi connectivity index (χ3n) is 16.0. The van der Waals surface area contributed by atoms with Crippen molar-refractivity contribution < 1.29 is 48.7 Å². The highest BCUT2D eigenvalue weighted by Gasteiger charge is 2.85. The van der Waals surface area contributed by atoms with E-state index in [0.29, 0.717) is 19.3 Å². The SMILES string of the molecule is CC(C)OC(=O)CCC(NC(=O)OC(C)(C)C)C(=O)OC1CC2C3(C)CC(O)C(C4(C)CCC(C(C)(C)O)O4)C3(C)CCC23CC32CCC(O)C(C)(C)C12. The van der Waals surface area contributed by atoms with Crippen molar-refractivity contribution in [3.63, 3.8) is 0 Å². The zero-order chi connectivity index (χ0) is 40.2. The molecule has 11 nitrogen and oxygen atoms in total. The number of carbonyl (C=O) groups is 3. The highest BCUT2D eigenvalue weighted by atomic mass is 16.6. The molecule has 1 aliphatic heterocycles. The molecular weight excluding hydrogens is 690 g/mol. The number of alkyl carbamates (subject to hydrolysis) is 1. The number of aliphatic hydroxyl groups excluding tert-OH is 2. The van der Waals surface area contributed by atoms with E-state index in [1.165, 1.54) is 0 Å². The first-order chi connectivity index (χ1) is 24.7. The minimum atomic E-state index is -1.15. The van der Waals surface area contributed by atoms with Gasteiger partial charge >= 0.3 is 18.0 Å². The molecule has 13 unspecified atom stereocenters. The van der Waals surface area contributed by atoms with Gasteiger partial charge in [-0.15, -0.1) is 0 Å². The average molecular weight is 762 g/mol. The number of carbonyl (C=O) groups excluding carboxylic acids is 3. The normalized spacial score (nSPS) is 44.3. The molecule has 0 aromatic heterocycles. The van der Waals surface area contributed by atoms with Crippen LogP contribution in [-0.4, -0.2) is 86.7 Å². The van der Waals surface area contributed by atoms with Crippen molar-refractivity contribution in [2.75, 3.05) is 0 Å². The lowest BCUT2D eigenvalue weighted by Gasteiger charge is -2.64. The largest absolute Gasteiger partial charge is 0.463 e. The Morgan fingerprint density at radius 3 is 2.15 bits per heavy atom. The van der Waals surface area contributed by atoms with Gasteiger partial charge < -0.3 is 39.6 Å². The molecule has 11 heteroatoms. The van der Waals surface area contributed by atoms with Gasteiger partial charge in [0.1, 0.15) is 17.7 Å². The van der Waals surface area contributed by atoms with Crippen LogP contribution in [0.3, 0.4) is 0 Å². The van der Waals surface area contributed by atoms with Gasteiger partial charge in [-0.25, -0.2) is 9.59 Å². The molecule has 5 saturated carbocycles. The van der Waals surface area contributed by atoms with Gasteiger partial charge in [0.15, 0.2) is 0 Å². The molecule has 0 bridgehead atoms. The van der Waals surface area contributed by atoms with Crippen LogP contribution >= 0.6 is 0 Å². The molecule has 54 heavy (non-hydrogen) atoms. The van der Waals surface area contributed by atoms with E-state index in [4.69, 9.17) is 18.9 Å². The molecule has 2 spiro atoms. The first-order valence-electron chi connectivity index (χ1n) is 20.8. The predicted molar refractivity (Wildman–Crippen MR) is 202 cm³/mol. The average Bonchev–Trinajstić information content (AvgIpc) is 3.38.